The Morgan fingerprint density at radius 1 is 1.29 bits per heavy atom. The minimum atomic E-state index is -0.292. The number of ether oxygens (including phenoxy) is 1. The maximum absolute atomic E-state index is 14.3. The van der Waals surface area contributed by atoms with Gasteiger partial charge in [0.05, 0.1) is 23.4 Å². The smallest absolute Gasteiger partial charge is 0.132 e. The van der Waals surface area contributed by atoms with E-state index >= 15 is 0 Å². The number of pyridine rings is 1. The molecule has 3 aromatic rings. The average Bonchev–Trinajstić information content (AvgIpc) is 2.97. The molecule has 2 heterocycles. The molecule has 21 heavy (non-hydrogen) atoms. The van der Waals surface area contributed by atoms with Crippen molar-refractivity contribution in [3.8, 4) is 5.75 Å². The van der Waals surface area contributed by atoms with Crippen molar-refractivity contribution in [3.63, 3.8) is 0 Å². The van der Waals surface area contributed by atoms with Gasteiger partial charge < -0.3 is 10.1 Å². The van der Waals surface area contributed by atoms with Gasteiger partial charge in [0.2, 0.25) is 0 Å². The number of benzene rings is 1. The van der Waals surface area contributed by atoms with Crippen LogP contribution in [0.2, 0.25) is 0 Å². The molecule has 3 nitrogen and oxygen atoms in total. The second-order valence-electron chi connectivity index (χ2n) is 4.68. The highest BCUT2D eigenvalue weighted by molar-refractivity contribution is 7.17. The summed E-state index contributed by atoms with van der Waals surface area (Å²) in [4.78, 5) is 4.42. The molecule has 0 fully saturated rings. The summed E-state index contributed by atoms with van der Waals surface area (Å²) in [6, 6.07) is 8.70. The monoisotopic (exact) mass is 302 g/mol. The van der Waals surface area contributed by atoms with Crippen molar-refractivity contribution in [2.75, 3.05) is 14.2 Å². The zero-order valence-electron chi connectivity index (χ0n) is 11.8. The summed E-state index contributed by atoms with van der Waals surface area (Å²) < 4.78 is 20.4. The molecule has 0 saturated heterocycles. The number of methoxy groups -OCH3 is 1. The Labute approximate surface area is 126 Å². The molecule has 0 bridgehead atoms. The fourth-order valence-corrected chi connectivity index (χ4v) is 3.18. The third kappa shape index (κ3) is 2.62. The molecule has 0 amide bonds. The minimum Gasteiger partial charge on any atom is -0.497 e. The summed E-state index contributed by atoms with van der Waals surface area (Å²) in [6.07, 6.45) is 1.79. The van der Waals surface area contributed by atoms with Gasteiger partial charge in [0.15, 0.2) is 0 Å². The number of fused-ring (bicyclic) bond motifs is 1. The number of nitrogens with one attached hydrogen (secondary N) is 1. The molecule has 0 radical (unpaired) electrons. The van der Waals surface area contributed by atoms with Gasteiger partial charge in [-0.3, -0.25) is 4.98 Å². The van der Waals surface area contributed by atoms with Gasteiger partial charge in [0.25, 0.3) is 0 Å². The Morgan fingerprint density at radius 3 is 2.86 bits per heavy atom. The van der Waals surface area contributed by atoms with E-state index in [0.717, 1.165) is 15.8 Å². The van der Waals surface area contributed by atoms with Crippen LogP contribution in [0.15, 0.2) is 41.9 Å². The number of hydrogen-bond acceptors (Lipinski definition) is 4. The summed E-state index contributed by atoms with van der Waals surface area (Å²) in [6.45, 7) is 0. The molecule has 5 heteroatoms. The molecule has 108 valence electrons. The summed E-state index contributed by atoms with van der Waals surface area (Å²) in [7, 11) is 3.34. The van der Waals surface area contributed by atoms with Crippen molar-refractivity contribution in [2.24, 2.45) is 0 Å². The first kappa shape index (κ1) is 14.0. The molecular weight excluding hydrogens is 287 g/mol. The molecule has 1 atom stereocenters. The molecule has 1 N–H and O–H groups in total. The van der Waals surface area contributed by atoms with Crippen molar-refractivity contribution in [2.45, 2.75) is 6.04 Å². The predicted octanol–water partition coefficient (Wildman–Crippen LogP) is 3.75. The summed E-state index contributed by atoms with van der Waals surface area (Å²) in [5.74, 6) is 0.220. The summed E-state index contributed by atoms with van der Waals surface area (Å²) >= 11 is 1.63. The number of aromatic nitrogens is 1. The average molecular weight is 302 g/mol. The highest BCUT2D eigenvalue weighted by Crippen LogP contribution is 2.29. The second-order valence-corrected chi connectivity index (χ2v) is 5.63. The molecule has 2 aromatic heterocycles. The van der Waals surface area contributed by atoms with Crippen LogP contribution in [0.3, 0.4) is 0 Å². The summed E-state index contributed by atoms with van der Waals surface area (Å²) in [5, 5.41) is 5.16. The molecule has 3 rings (SSSR count). The van der Waals surface area contributed by atoms with Crippen LogP contribution in [0.5, 0.6) is 5.75 Å². The highest BCUT2D eigenvalue weighted by atomic mass is 32.1. The van der Waals surface area contributed by atoms with E-state index in [9.17, 15) is 4.39 Å². The molecular formula is C16H15FN2OS. The lowest BCUT2D eigenvalue weighted by atomic mass is 9.99. The quantitative estimate of drug-likeness (QED) is 0.797. The van der Waals surface area contributed by atoms with Gasteiger partial charge in [0, 0.05) is 17.8 Å². The van der Waals surface area contributed by atoms with Gasteiger partial charge in [-0.1, -0.05) is 6.07 Å². The maximum Gasteiger partial charge on any atom is 0.132 e. The van der Waals surface area contributed by atoms with Gasteiger partial charge in [-0.15, -0.1) is 11.3 Å². The molecule has 0 spiro atoms. The molecule has 0 aliphatic carbocycles. The zero-order valence-corrected chi connectivity index (χ0v) is 12.6. The third-order valence-corrected chi connectivity index (χ3v) is 4.32. The molecule has 0 aliphatic rings. The van der Waals surface area contributed by atoms with E-state index in [2.05, 4.69) is 16.4 Å². The van der Waals surface area contributed by atoms with Crippen LogP contribution in [0.25, 0.3) is 10.2 Å². The van der Waals surface area contributed by atoms with Crippen LogP contribution >= 0.6 is 11.3 Å². The molecule has 1 aromatic carbocycles. The summed E-state index contributed by atoms with van der Waals surface area (Å²) in [5.41, 5.74) is 2.49. The Bertz CT molecular complexity index is 772. The van der Waals surface area contributed by atoms with E-state index < -0.39 is 0 Å². The number of nitrogens with zero attached hydrogens (tertiary/aromatic N) is 1. The number of thiophene rings is 1. The van der Waals surface area contributed by atoms with Gasteiger partial charge in [-0.25, -0.2) is 4.39 Å². The fraction of sp³-hybridized carbons (Fsp3) is 0.188. The van der Waals surface area contributed by atoms with Gasteiger partial charge >= 0.3 is 0 Å². The highest BCUT2D eigenvalue weighted by Gasteiger charge is 2.17. The normalized spacial score (nSPS) is 12.5. The van der Waals surface area contributed by atoms with Crippen LogP contribution in [0.4, 0.5) is 4.39 Å². The van der Waals surface area contributed by atoms with Crippen LogP contribution < -0.4 is 10.1 Å². The SMILES string of the molecule is CNC(c1cnc2ccsc2c1)c1ccc(OC)cc1F. The van der Waals surface area contributed by atoms with Crippen LogP contribution in [0.1, 0.15) is 17.2 Å². The lowest BCUT2D eigenvalue weighted by Gasteiger charge is -2.18. The van der Waals surface area contributed by atoms with Crippen molar-refractivity contribution >= 4 is 21.6 Å². The lowest BCUT2D eigenvalue weighted by molar-refractivity contribution is 0.410. The topological polar surface area (TPSA) is 34.2 Å². The first-order chi connectivity index (χ1) is 10.2. The Kier molecular flexibility index (Phi) is 3.86. The van der Waals surface area contributed by atoms with Crippen molar-refractivity contribution in [1.82, 2.24) is 10.3 Å². The molecule has 0 saturated carbocycles. The van der Waals surface area contributed by atoms with Crippen molar-refractivity contribution in [1.29, 1.82) is 0 Å². The standard InChI is InChI=1S/C16H15FN2OS/c1-18-16(12-4-3-11(20-2)8-13(12)17)10-7-15-14(19-9-10)5-6-21-15/h3-9,16,18H,1-2H3. The number of hydrogen-bond donors (Lipinski definition) is 1. The number of rotatable bonds is 4. The maximum atomic E-state index is 14.3. The van der Waals surface area contributed by atoms with E-state index in [4.69, 9.17) is 4.74 Å². The first-order valence-corrected chi connectivity index (χ1v) is 7.44. The first-order valence-electron chi connectivity index (χ1n) is 6.57. The van der Waals surface area contributed by atoms with Crippen LogP contribution in [-0.2, 0) is 0 Å². The van der Waals surface area contributed by atoms with E-state index in [1.54, 1.807) is 29.7 Å². The van der Waals surface area contributed by atoms with Crippen molar-refractivity contribution in [3.05, 3.63) is 58.9 Å². The van der Waals surface area contributed by atoms with E-state index in [1.807, 2.05) is 18.5 Å². The predicted molar refractivity (Wildman–Crippen MR) is 83.5 cm³/mol. The van der Waals surface area contributed by atoms with E-state index in [0.29, 0.717) is 11.3 Å². The fourth-order valence-electron chi connectivity index (χ4n) is 2.39. The second kappa shape index (κ2) is 5.79. The Morgan fingerprint density at radius 2 is 2.14 bits per heavy atom. The zero-order chi connectivity index (χ0) is 14.8. The van der Waals surface area contributed by atoms with Crippen LogP contribution in [-0.4, -0.2) is 19.1 Å². The Balaban J connectivity index is 2.04. The minimum absolute atomic E-state index is 0.241. The molecule has 0 aliphatic heterocycles. The number of halogens is 1. The van der Waals surface area contributed by atoms with Gasteiger partial charge in [-0.2, -0.15) is 0 Å². The lowest BCUT2D eigenvalue weighted by Crippen LogP contribution is -2.19. The van der Waals surface area contributed by atoms with Crippen molar-refractivity contribution < 1.29 is 9.13 Å². The third-order valence-electron chi connectivity index (χ3n) is 3.46. The van der Waals surface area contributed by atoms with E-state index in [-0.39, 0.29) is 11.9 Å². The van der Waals surface area contributed by atoms with Crippen LogP contribution in [0, 0.1) is 5.82 Å². The van der Waals surface area contributed by atoms with Gasteiger partial charge in [0.1, 0.15) is 11.6 Å². The van der Waals surface area contributed by atoms with Gasteiger partial charge in [-0.05, 0) is 36.2 Å². The molecule has 1 unspecified atom stereocenters. The Hall–Kier alpha value is -1.98. The van der Waals surface area contributed by atoms with E-state index in [1.165, 1.54) is 13.2 Å². The largest absolute Gasteiger partial charge is 0.497 e.